The van der Waals surface area contributed by atoms with E-state index in [9.17, 15) is 4.79 Å². The van der Waals surface area contributed by atoms with E-state index in [4.69, 9.17) is 14.2 Å². The van der Waals surface area contributed by atoms with Gasteiger partial charge in [-0.25, -0.2) is 4.98 Å². The Morgan fingerprint density at radius 2 is 1.58 bits per heavy atom. The Morgan fingerprint density at radius 1 is 0.903 bits per heavy atom. The Balaban J connectivity index is 1.62. The molecule has 0 spiro atoms. The van der Waals surface area contributed by atoms with E-state index in [2.05, 4.69) is 41.5 Å². The van der Waals surface area contributed by atoms with E-state index in [0.29, 0.717) is 28.5 Å². The molecule has 0 fully saturated rings. The number of anilines is 1. The highest BCUT2D eigenvalue weighted by molar-refractivity contribution is 6.05. The quantitative estimate of drug-likeness (QED) is 0.496. The molecule has 0 aliphatic rings. The van der Waals surface area contributed by atoms with Crippen molar-refractivity contribution in [1.82, 2.24) is 9.55 Å². The molecule has 1 amide bonds. The number of amides is 1. The maximum atomic E-state index is 12.9. The van der Waals surface area contributed by atoms with Crippen molar-refractivity contribution in [2.45, 2.75) is 6.92 Å². The Bertz CT molecular complexity index is 1220. The number of benzene rings is 3. The second-order valence-corrected chi connectivity index (χ2v) is 7.02. The van der Waals surface area contributed by atoms with Gasteiger partial charge in [-0.15, -0.1) is 0 Å². The van der Waals surface area contributed by atoms with E-state index < -0.39 is 0 Å². The standard InChI is InChI=1S/C24H23N3O4/c1-15-5-8-18(9-6-15)27-14-25-19-13-17(7-10-20(19)27)26-24(28)16-11-21(29-2)23(31-4)22(12-16)30-3/h5-14H,1-4H3,(H,26,28). The molecule has 4 aromatic rings. The van der Waals surface area contributed by atoms with Gasteiger partial charge in [0.1, 0.15) is 6.33 Å². The van der Waals surface area contributed by atoms with Crippen molar-refractivity contribution in [2.24, 2.45) is 0 Å². The van der Waals surface area contributed by atoms with Crippen LogP contribution < -0.4 is 19.5 Å². The molecule has 7 heteroatoms. The summed E-state index contributed by atoms with van der Waals surface area (Å²) in [7, 11) is 4.54. The van der Waals surface area contributed by atoms with Crippen LogP contribution in [-0.4, -0.2) is 36.8 Å². The lowest BCUT2D eigenvalue weighted by molar-refractivity contribution is 0.102. The number of fused-ring (bicyclic) bond motifs is 1. The molecule has 0 radical (unpaired) electrons. The number of carbonyl (C=O) groups excluding carboxylic acids is 1. The maximum absolute atomic E-state index is 12.9. The van der Waals surface area contributed by atoms with Gasteiger partial charge in [-0.2, -0.15) is 0 Å². The number of rotatable bonds is 6. The summed E-state index contributed by atoms with van der Waals surface area (Å²) < 4.78 is 18.0. The van der Waals surface area contributed by atoms with Crippen LogP contribution in [0.4, 0.5) is 5.69 Å². The van der Waals surface area contributed by atoms with Gasteiger partial charge in [-0.05, 0) is 49.4 Å². The highest BCUT2D eigenvalue weighted by Crippen LogP contribution is 2.38. The first-order chi connectivity index (χ1) is 15.0. The molecule has 0 bridgehead atoms. The topological polar surface area (TPSA) is 74.6 Å². The molecule has 0 aliphatic carbocycles. The van der Waals surface area contributed by atoms with Crippen LogP contribution in [0.2, 0.25) is 0 Å². The summed E-state index contributed by atoms with van der Waals surface area (Å²) in [6.45, 7) is 2.05. The van der Waals surface area contributed by atoms with Crippen LogP contribution in [0, 0.1) is 6.92 Å². The number of carbonyl (C=O) groups is 1. The number of nitrogens with zero attached hydrogens (tertiary/aromatic N) is 2. The number of aromatic nitrogens is 2. The van der Waals surface area contributed by atoms with Gasteiger partial charge in [0.25, 0.3) is 5.91 Å². The molecule has 31 heavy (non-hydrogen) atoms. The minimum absolute atomic E-state index is 0.295. The van der Waals surface area contributed by atoms with E-state index >= 15 is 0 Å². The largest absolute Gasteiger partial charge is 0.493 e. The van der Waals surface area contributed by atoms with Crippen LogP contribution in [0.15, 0.2) is 60.9 Å². The van der Waals surface area contributed by atoms with Gasteiger partial charge in [-0.3, -0.25) is 9.36 Å². The van der Waals surface area contributed by atoms with Crippen LogP contribution in [0.1, 0.15) is 15.9 Å². The second kappa shape index (κ2) is 8.39. The minimum Gasteiger partial charge on any atom is -0.493 e. The van der Waals surface area contributed by atoms with Gasteiger partial charge < -0.3 is 19.5 Å². The molecule has 4 rings (SSSR count). The monoisotopic (exact) mass is 417 g/mol. The third-order valence-electron chi connectivity index (χ3n) is 5.04. The summed E-state index contributed by atoms with van der Waals surface area (Å²) in [6, 6.07) is 17.1. The van der Waals surface area contributed by atoms with Crippen LogP contribution in [0.5, 0.6) is 17.2 Å². The third-order valence-corrected chi connectivity index (χ3v) is 5.04. The van der Waals surface area contributed by atoms with Crippen molar-refractivity contribution in [2.75, 3.05) is 26.6 Å². The molecular formula is C24H23N3O4. The highest BCUT2D eigenvalue weighted by atomic mass is 16.5. The molecule has 1 heterocycles. The molecule has 1 aromatic heterocycles. The minimum atomic E-state index is -0.295. The number of nitrogens with one attached hydrogen (secondary N) is 1. The number of methoxy groups -OCH3 is 3. The third kappa shape index (κ3) is 3.90. The summed E-state index contributed by atoms with van der Waals surface area (Å²) in [5, 5.41) is 2.91. The predicted octanol–water partition coefficient (Wildman–Crippen LogP) is 4.61. The fourth-order valence-electron chi connectivity index (χ4n) is 3.42. The molecule has 0 aliphatic heterocycles. The second-order valence-electron chi connectivity index (χ2n) is 7.02. The summed E-state index contributed by atoms with van der Waals surface area (Å²) >= 11 is 0. The van der Waals surface area contributed by atoms with E-state index in [1.165, 1.54) is 26.9 Å². The number of aryl methyl sites for hydroxylation is 1. The van der Waals surface area contributed by atoms with Gasteiger partial charge in [0.05, 0.1) is 32.4 Å². The zero-order valence-electron chi connectivity index (χ0n) is 17.8. The summed E-state index contributed by atoms with van der Waals surface area (Å²) in [5.41, 5.74) is 4.99. The molecular weight excluding hydrogens is 394 g/mol. The molecule has 0 saturated carbocycles. The molecule has 0 unspecified atom stereocenters. The SMILES string of the molecule is COc1cc(C(=O)Nc2ccc3c(c2)ncn3-c2ccc(C)cc2)cc(OC)c1OC. The lowest BCUT2D eigenvalue weighted by Crippen LogP contribution is -2.12. The maximum Gasteiger partial charge on any atom is 0.255 e. The molecule has 1 N–H and O–H groups in total. The van der Waals surface area contributed by atoms with Crippen molar-refractivity contribution in [3.8, 4) is 22.9 Å². The number of imidazole rings is 1. The lowest BCUT2D eigenvalue weighted by atomic mass is 10.1. The summed E-state index contributed by atoms with van der Waals surface area (Å²) in [4.78, 5) is 17.3. The van der Waals surface area contributed by atoms with Crippen molar-refractivity contribution in [3.05, 3.63) is 72.1 Å². The molecule has 7 nitrogen and oxygen atoms in total. The smallest absolute Gasteiger partial charge is 0.255 e. The van der Waals surface area contributed by atoms with Crippen LogP contribution >= 0.6 is 0 Å². The molecule has 0 saturated heterocycles. The van der Waals surface area contributed by atoms with Gasteiger partial charge in [-0.1, -0.05) is 17.7 Å². The fourth-order valence-corrected chi connectivity index (χ4v) is 3.42. The lowest BCUT2D eigenvalue weighted by Gasteiger charge is -2.14. The Hall–Kier alpha value is -4.00. The molecule has 0 atom stereocenters. The predicted molar refractivity (Wildman–Crippen MR) is 120 cm³/mol. The zero-order chi connectivity index (χ0) is 22.0. The van der Waals surface area contributed by atoms with Gasteiger partial charge in [0.15, 0.2) is 11.5 Å². The number of hydrogen-bond acceptors (Lipinski definition) is 5. The van der Waals surface area contributed by atoms with Gasteiger partial charge >= 0.3 is 0 Å². The first-order valence-corrected chi connectivity index (χ1v) is 9.69. The average Bonchev–Trinajstić information content (AvgIpc) is 3.21. The van der Waals surface area contributed by atoms with Crippen LogP contribution in [0.3, 0.4) is 0 Å². The van der Waals surface area contributed by atoms with Crippen LogP contribution in [-0.2, 0) is 0 Å². The van der Waals surface area contributed by atoms with Crippen molar-refractivity contribution < 1.29 is 19.0 Å². The van der Waals surface area contributed by atoms with E-state index in [-0.39, 0.29) is 5.91 Å². The van der Waals surface area contributed by atoms with Gasteiger partial charge in [0, 0.05) is 16.9 Å². The first kappa shape index (κ1) is 20.3. The van der Waals surface area contributed by atoms with E-state index in [1.54, 1.807) is 18.5 Å². The number of hydrogen-bond donors (Lipinski definition) is 1. The Labute approximate surface area is 180 Å². The first-order valence-electron chi connectivity index (χ1n) is 9.69. The summed E-state index contributed by atoms with van der Waals surface area (Å²) in [5.74, 6) is 0.972. The zero-order valence-corrected chi connectivity index (χ0v) is 17.8. The van der Waals surface area contributed by atoms with Crippen LogP contribution in [0.25, 0.3) is 16.7 Å². The van der Waals surface area contributed by atoms with Crippen molar-refractivity contribution in [1.29, 1.82) is 0 Å². The molecule has 158 valence electrons. The van der Waals surface area contributed by atoms with E-state index in [1.807, 2.05) is 22.8 Å². The highest BCUT2D eigenvalue weighted by Gasteiger charge is 2.17. The average molecular weight is 417 g/mol. The normalized spacial score (nSPS) is 10.7. The van der Waals surface area contributed by atoms with E-state index in [0.717, 1.165) is 16.7 Å². The van der Waals surface area contributed by atoms with Crippen molar-refractivity contribution >= 4 is 22.6 Å². The summed E-state index contributed by atoms with van der Waals surface area (Å²) in [6.07, 6.45) is 1.78. The molecule has 3 aromatic carbocycles. The Morgan fingerprint density at radius 3 is 2.19 bits per heavy atom. The number of ether oxygens (including phenoxy) is 3. The Kier molecular flexibility index (Phi) is 5.49. The van der Waals surface area contributed by atoms with Crippen molar-refractivity contribution in [3.63, 3.8) is 0 Å². The fraction of sp³-hybridized carbons (Fsp3) is 0.167. The van der Waals surface area contributed by atoms with Gasteiger partial charge in [0.2, 0.25) is 5.75 Å².